The van der Waals surface area contributed by atoms with Gasteiger partial charge in [0.05, 0.1) is 13.5 Å². The smallest absolute Gasteiger partial charge is 0.248 e. The maximum Gasteiger partial charge on any atom is 0.248 e. The molecule has 1 atom stereocenters. The average Bonchev–Trinajstić information content (AvgIpc) is 3.34. The third-order valence-corrected chi connectivity index (χ3v) is 7.26. The zero-order valence-electron chi connectivity index (χ0n) is 21.5. The molecule has 1 heterocycles. The van der Waals surface area contributed by atoms with Crippen molar-refractivity contribution in [2.75, 3.05) is 12.0 Å². The number of fused-ring (bicyclic) bond motifs is 1. The molecule has 2 N–H and O–H groups in total. The van der Waals surface area contributed by atoms with E-state index in [1.807, 2.05) is 30.5 Å². The second kappa shape index (κ2) is 11.5. The molecular formula is C31H32FN3O3. The van der Waals surface area contributed by atoms with Crippen LogP contribution >= 0.6 is 0 Å². The van der Waals surface area contributed by atoms with Gasteiger partial charge in [0.1, 0.15) is 17.6 Å². The first kappa shape index (κ1) is 25.5. The fourth-order valence-corrected chi connectivity index (χ4v) is 5.32. The number of para-hydroxylation sites is 1. The van der Waals surface area contributed by atoms with Crippen LogP contribution in [0.1, 0.15) is 49.3 Å². The fourth-order valence-electron chi connectivity index (χ4n) is 5.32. The van der Waals surface area contributed by atoms with Gasteiger partial charge in [0.25, 0.3) is 0 Å². The van der Waals surface area contributed by atoms with E-state index in [9.17, 15) is 14.0 Å². The van der Waals surface area contributed by atoms with Crippen LogP contribution < -0.4 is 15.0 Å². The van der Waals surface area contributed by atoms with E-state index in [0.29, 0.717) is 17.0 Å². The van der Waals surface area contributed by atoms with E-state index in [1.54, 1.807) is 43.5 Å². The first-order valence-electron chi connectivity index (χ1n) is 13.1. The van der Waals surface area contributed by atoms with Crippen molar-refractivity contribution in [2.45, 2.75) is 50.6 Å². The monoisotopic (exact) mass is 513 g/mol. The highest BCUT2D eigenvalue weighted by Crippen LogP contribution is 2.32. The van der Waals surface area contributed by atoms with Gasteiger partial charge in [0.2, 0.25) is 11.8 Å². The molecule has 6 nitrogen and oxygen atoms in total. The molecule has 4 aromatic rings. The zero-order chi connectivity index (χ0) is 26.5. The highest BCUT2D eigenvalue weighted by Gasteiger charge is 2.34. The number of benzene rings is 3. The SMILES string of the molecule is COc1ccc(C(C(=O)NC2CCCCC2)N(C(=O)Cc2c[nH]c3ccccc23)c2cccc(F)c2)cc1. The van der Waals surface area contributed by atoms with E-state index in [2.05, 4.69) is 10.3 Å². The summed E-state index contributed by atoms with van der Waals surface area (Å²) in [5.74, 6) is -0.422. The molecule has 0 spiro atoms. The molecule has 1 aliphatic carbocycles. The van der Waals surface area contributed by atoms with Gasteiger partial charge in [0, 0.05) is 28.8 Å². The molecule has 0 saturated heterocycles. The molecule has 0 bridgehead atoms. The number of anilines is 1. The molecule has 2 amide bonds. The van der Waals surface area contributed by atoms with Crippen molar-refractivity contribution in [1.29, 1.82) is 0 Å². The minimum atomic E-state index is -0.984. The van der Waals surface area contributed by atoms with Gasteiger partial charge >= 0.3 is 0 Å². The van der Waals surface area contributed by atoms with Gasteiger partial charge in [-0.05, 0) is 60.4 Å². The number of aromatic amines is 1. The second-order valence-corrected chi connectivity index (χ2v) is 9.80. The van der Waals surface area contributed by atoms with E-state index < -0.39 is 11.9 Å². The van der Waals surface area contributed by atoms with Crippen molar-refractivity contribution >= 4 is 28.4 Å². The number of amides is 2. The lowest BCUT2D eigenvalue weighted by Gasteiger charge is -2.33. The Bertz CT molecular complexity index is 1410. The predicted molar refractivity (Wildman–Crippen MR) is 147 cm³/mol. The number of ether oxygens (including phenoxy) is 1. The lowest BCUT2D eigenvalue weighted by Crippen LogP contribution is -2.47. The minimum absolute atomic E-state index is 0.0455. The number of halogens is 1. The topological polar surface area (TPSA) is 74.4 Å². The van der Waals surface area contributed by atoms with Crippen molar-refractivity contribution in [3.05, 3.63) is 95.9 Å². The average molecular weight is 514 g/mol. The van der Waals surface area contributed by atoms with Gasteiger partial charge < -0.3 is 15.0 Å². The molecule has 1 aliphatic rings. The molecule has 0 radical (unpaired) electrons. The van der Waals surface area contributed by atoms with Gasteiger partial charge in [-0.2, -0.15) is 0 Å². The number of nitrogens with one attached hydrogen (secondary N) is 2. The number of hydrogen-bond acceptors (Lipinski definition) is 3. The number of carbonyl (C=O) groups excluding carboxylic acids is 2. The van der Waals surface area contributed by atoms with Gasteiger partial charge in [-0.3, -0.25) is 14.5 Å². The van der Waals surface area contributed by atoms with Crippen molar-refractivity contribution < 1.29 is 18.7 Å². The molecule has 1 aromatic heterocycles. The Hall–Kier alpha value is -4.13. The van der Waals surface area contributed by atoms with E-state index in [4.69, 9.17) is 4.74 Å². The van der Waals surface area contributed by atoms with E-state index in [-0.39, 0.29) is 24.3 Å². The first-order valence-corrected chi connectivity index (χ1v) is 13.1. The Morgan fingerprint density at radius 3 is 2.53 bits per heavy atom. The summed E-state index contributed by atoms with van der Waals surface area (Å²) in [6.07, 6.45) is 6.96. The van der Waals surface area contributed by atoms with Gasteiger partial charge in [-0.1, -0.05) is 55.7 Å². The van der Waals surface area contributed by atoms with Crippen LogP contribution in [0.5, 0.6) is 5.75 Å². The summed E-state index contributed by atoms with van der Waals surface area (Å²) in [6.45, 7) is 0. The largest absolute Gasteiger partial charge is 0.497 e. The Morgan fingerprint density at radius 1 is 1.03 bits per heavy atom. The summed E-state index contributed by atoms with van der Waals surface area (Å²) in [5, 5.41) is 4.13. The van der Waals surface area contributed by atoms with Gasteiger partial charge in [-0.25, -0.2) is 4.39 Å². The maximum atomic E-state index is 14.5. The number of nitrogens with zero attached hydrogens (tertiary/aromatic N) is 1. The summed E-state index contributed by atoms with van der Waals surface area (Å²) in [7, 11) is 1.58. The molecule has 1 saturated carbocycles. The Kier molecular flexibility index (Phi) is 7.73. The molecule has 7 heteroatoms. The van der Waals surface area contributed by atoms with Crippen LogP contribution in [0.25, 0.3) is 10.9 Å². The lowest BCUT2D eigenvalue weighted by atomic mass is 9.94. The number of hydrogen-bond donors (Lipinski definition) is 2. The molecular weight excluding hydrogens is 481 g/mol. The number of aromatic nitrogens is 1. The van der Waals surface area contributed by atoms with Crippen LogP contribution in [0.15, 0.2) is 79.0 Å². The molecule has 196 valence electrons. The van der Waals surface area contributed by atoms with Crippen LogP contribution in [0.3, 0.4) is 0 Å². The van der Waals surface area contributed by atoms with Gasteiger partial charge in [0.15, 0.2) is 0 Å². The van der Waals surface area contributed by atoms with E-state index in [1.165, 1.54) is 17.0 Å². The Morgan fingerprint density at radius 2 is 1.79 bits per heavy atom. The van der Waals surface area contributed by atoms with Crippen LogP contribution in [0, 0.1) is 5.82 Å². The van der Waals surface area contributed by atoms with Gasteiger partial charge in [-0.15, -0.1) is 0 Å². The summed E-state index contributed by atoms with van der Waals surface area (Å²) in [5.41, 5.74) is 2.69. The first-order chi connectivity index (χ1) is 18.5. The Labute approximate surface area is 221 Å². The Balaban J connectivity index is 1.56. The molecule has 1 fully saturated rings. The van der Waals surface area contributed by atoms with E-state index in [0.717, 1.165) is 48.6 Å². The maximum absolute atomic E-state index is 14.5. The summed E-state index contributed by atoms with van der Waals surface area (Å²) in [4.78, 5) is 32.7. The van der Waals surface area contributed by atoms with Crippen molar-refractivity contribution in [3.8, 4) is 5.75 Å². The standard InChI is InChI=1S/C31H32FN3O3/c1-38-26-16-14-21(15-17-26)30(31(37)34-24-9-3-2-4-10-24)35(25-11-7-8-23(32)19-25)29(36)18-22-20-33-28-13-6-5-12-27(22)28/h5-8,11-17,19-20,24,30,33H,2-4,9-10,18H2,1H3,(H,34,37). The van der Waals surface area contributed by atoms with Crippen LogP contribution in [0.4, 0.5) is 10.1 Å². The fraction of sp³-hybridized carbons (Fsp3) is 0.290. The van der Waals surface area contributed by atoms with Crippen molar-refractivity contribution in [3.63, 3.8) is 0 Å². The molecule has 0 aliphatic heterocycles. The number of H-pyrrole nitrogens is 1. The van der Waals surface area contributed by atoms with Crippen LogP contribution in [-0.2, 0) is 16.0 Å². The zero-order valence-corrected chi connectivity index (χ0v) is 21.5. The number of carbonyl (C=O) groups is 2. The summed E-state index contributed by atoms with van der Waals surface area (Å²) >= 11 is 0. The lowest BCUT2D eigenvalue weighted by molar-refractivity contribution is -0.127. The molecule has 1 unspecified atom stereocenters. The molecule has 5 rings (SSSR count). The van der Waals surface area contributed by atoms with Crippen LogP contribution in [-0.4, -0.2) is 29.9 Å². The third-order valence-electron chi connectivity index (χ3n) is 7.26. The second-order valence-electron chi connectivity index (χ2n) is 9.80. The summed E-state index contributed by atoms with van der Waals surface area (Å²) in [6, 6.07) is 19.8. The molecule has 38 heavy (non-hydrogen) atoms. The minimum Gasteiger partial charge on any atom is -0.497 e. The van der Waals surface area contributed by atoms with Crippen molar-refractivity contribution in [2.24, 2.45) is 0 Å². The normalized spacial score (nSPS) is 14.7. The number of rotatable bonds is 8. The highest BCUT2D eigenvalue weighted by atomic mass is 19.1. The quantitative estimate of drug-likeness (QED) is 0.300. The highest BCUT2D eigenvalue weighted by molar-refractivity contribution is 6.03. The predicted octanol–water partition coefficient (Wildman–Crippen LogP) is 6.08. The molecule has 3 aromatic carbocycles. The van der Waals surface area contributed by atoms with E-state index >= 15 is 0 Å². The van der Waals surface area contributed by atoms with Crippen LogP contribution in [0.2, 0.25) is 0 Å². The number of methoxy groups -OCH3 is 1. The summed E-state index contributed by atoms with van der Waals surface area (Å²) < 4.78 is 19.8. The van der Waals surface area contributed by atoms with Crippen molar-refractivity contribution in [1.82, 2.24) is 10.3 Å². The third kappa shape index (κ3) is 5.57.